The minimum Gasteiger partial charge on any atom is -0.483 e. The number of benzene rings is 1. The summed E-state index contributed by atoms with van der Waals surface area (Å²) in [7, 11) is 0. The van der Waals surface area contributed by atoms with Crippen LogP contribution in [0.25, 0.3) is 6.08 Å². The van der Waals surface area contributed by atoms with Crippen LogP contribution in [-0.4, -0.2) is 10.5 Å². The summed E-state index contributed by atoms with van der Waals surface area (Å²) in [6.07, 6.45) is 5.84. The van der Waals surface area contributed by atoms with Crippen LogP contribution < -0.4 is 4.74 Å². The van der Waals surface area contributed by atoms with Crippen LogP contribution in [0.5, 0.6) is 5.75 Å². The maximum atomic E-state index is 10.7. The van der Waals surface area contributed by atoms with Crippen molar-refractivity contribution in [1.82, 2.24) is 0 Å². The van der Waals surface area contributed by atoms with Gasteiger partial charge in [0.25, 0.3) is 5.69 Å². The topological polar surface area (TPSA) is 52.4 Å². The summed E-state index contributed by atoms with van der Waals surface area (Å²) in [5, 5.41) is 10.7. The van der Waals surface area contributed by atoms with E-state index in [1.165, 1.54) is 12.1 Å². The van der Waals surface area contributed by atoms with Crippen LogP contribution in [0.3, 0.4) is 0 Å². The largest absolute Gasteiger partial charge is 0.483 e. The second-order valence-corrected chi connectivity index (χ2v) is 4.48. The molecule has 1 aromatic carbocycles. The van der Waals surface area contributed by atoms with Crippen molar-refractivity contribution in [3.05, 3.63) is 40.0 Å². The maximum Gasteiger partial charge on any atom is 0.270 e. The molecule has 1 heterocycles. The summed E-state index contributed by atoms with van der Waals surface area (Å²) in [4.78, 5) is 10.3. The fourth-order valence-electron chi connectivity index (χ4n) is 2.05. The molecule has 1 aliphatic rings. The quantitative estimate of drug-likeness (QED) is 0.592. The number of rotatable bonds is 3. The van der Waals surface area contributed by atoms with Gasteiger partial charge in [-0.3, -0.25) is 10.1 Å². The molecule has 0 spiro atoms. The molecule has 0 amide bonds. The third-order valence-corrected chi connectivity index (χ3v) is 2.91. The van der Waals surface area contributed by atoms with Crippen LogP contribution in [0.4, 0.5) is 5.69 Å². The molecule has 1 unspecified atom stereocenters. The Morgan fingerprint density at radius 3 is 2.88 bits per heavy atom. The second-order valence-electron chi connectivity index (χ2n) is 4.48. The van der Waals surface area contributed by atoms with Gasteiger partial charge in [0.2, 0.25) is 0 Å². The molecule has 1 aliphatic heterocycles. The zero-order valence-corrected chi connectivity index (χ0v) is 9.97. The molecule has 2 rings (SSSR count). The minimum atomic E-state index is -0.395. The SMILES string of the molecule is CCCC1(C)C=Cc2cc([N+](=O)[O-])ccc2O1. The zero-order chi connectivity index (χ0) is 12.5. The van der Waals surface area contributed by atoms with Gasteiger partial charge >= 0.3 is 0 Å². The van der Waals surface area contributed by atoms with Crippen LogP contribution >= 0.6 is 0 Å². The van der Waals surface area contributed by atoms with Crippen LogP contribution in [-0.2, 0) is 0 Å². The van der Waals surface area contributed by atoms with E-state index in [1.54, 1.807) is 6.07 Å². The van der Waals surface area contributed by atoms with Crippen molar-refractivity contribution in [3.8, 4) is 5.75 Å². The van der Waals surface area contributed by atoms with Gasteiger partial charge in [-0.2, -0.15) is 0 Å². The van der Waals surface area contributed by atoms with E-state index in [0.717, 1.165) is 18.4 Å². The van der Waals surface area contributed by atoms with Gasteiger partial charge in [-0.05, 0) is 25.5 Å². The number of ether oxygens (including phenoxy) is 1. The average molecular weight is 233 g/mol. The van der Waals surface area contributed by atoms with E-state index in [0.29, 0.717) is 5.75 Å². The first-order chi connectivity index (χ1) is 8.04. The molecular formula is C13H15NO3. The average Bonchev–Trinajstić information content (AvgIpc) is 2.28. The molecule has 17 heavy (non-hydrogen) atoms. The molecule has 0 fully saturated rings. The number of nitro benzene ring substituents is 1. The standard InChI is InChI=1S/C13H15NO3/c1-3-7-13(2)8-6-10-9-11(14(15)16)4-5-12(10)17-13/h4-6,8-9H,3,7H2,1-2H3. The van der Waals surface area contributed by atoms with Gasteiger partial charge in [0.05, 0.1) is 4.92 Å². The molecule has 1 aromatic rings. The van der Waals surface area contributed by atoms with Crippen LogP contribution in [0.1, 0.15) is 32.3 Å². The van der Waals surface area contributed by atoms with E-state index in [9.17, 15) is 10.1 Å². The Kier molecular flexibility index (Phi) is 2.88. The Hall–Kier alpha value is -1.84. The lowest BCUT2D eigenvalue weighted by molar-refractivity contribution is -0.384. The molecule has 0 aliphatic carbocycles. The monoisotopic (exact) mass is 233 g/mol. The number of hydrogen-bond donors (Lipinski definition) is 0. The summed E-state index contributed by atoms with van der Waals surface area (Å²) in [5.74, 6) is 0.717. The highest BCUT2D eigenvalue weighted by molar-refractivity contribution is 5.63. The Balaban J connectivity index is 2.33. The number of nitrogens with zero attached hydrogens (tertiary/aromatic N) is 1. The van der Waals surface area contributed by atoms with Crippen molar-refractivity contribution in [3.63, 3.8) is 0 Å². The molecule has 0 saturated carbocycles. The lowest BCUT2D eigenvalue weighted by Crippen LogP contribution is -2.31. The summed E-state index contributed by atoms with van der Waals surface area (Å²) >= 11 is 0. The van der Waals surface area contributed by atoms with Gasteiger partial charge in [0, 0.05) is 17.7 Å². The highest BCUT2D eigenvalue weighted by Crippen LogP contribution is 2.35. The van der Waals surface area contributed by atoms with E-state index >= 15 is 0 Å². The number of non-ortho nitro benzene ring substituents is 1. The predicted molar refractivity (Wildman–Crippen MR) is 66.1 cm³/mol. The van der Waals surface area contributed by atoms with Gasteiger partial charge < -0.3 is 4.74 Å². The molecule has 4 nitrogen and oxygen atoms in total. The Morgan fingerprint density at radius 1 is 1.47 bits per heavy atom. The summed E-state index contributed by atoms with van der Waals surface area (Å²) < 4.78 is 5.89. The first-order valence-corrected chi connectivity index (χ1v) is 5.71. The number of nitro groups is 1. The smallest absolute Gasteiger partial charge is 0.270 e. The fourth-order valence-corrected chi connectivity index (χ4v) is 2.05. The summed E-state index contributed by atoms with van der Waals surface area (Å²) in [6, 6.07) is 4.69. The van der Waals surface area contributed by atoms with Gasteiger partial charge in [-0.25, -0.2) is 0 Å². The number of hydrogen-bond acceptors (Lipinski definition) is 3. The molecule has 0 bridgehead atoms. The summed E-state index contributed by atoms with van der Waals surface area (Å²) in [6.45, 7) is 4.13. The third kappa shape index (κ3) is 2.30. The van der Waals surface area contributed by atoms with Gasteiger partial charge in [0.15, 0.2) is 0 Å². The molecule has 0 N–H and O–H groups in total. The van der Waals surface area contributed by atoms with Crippen molar-refractivity contribution in [1.29, 1.82) is 0 Å². The Morgan fingerprint density at radius 2 is 2.24 bits per heavy atom. The molecular weight excluding hydrogens is 218 g/mol. The Labute approximate surface area is 100 Å². The van der Waals surface area contributed by atoms with E-state index in [4.69, 9.17) is 4.74 Å². The van der Waals surface area contributed by atoms with Gasteiger partial charge in [0.1, 0.15) is 11.4 Å². The van der Waals surface area contributed by atoms with Crippen LogP contribution in [0, 0.1) is 10.1 Å². The van der Waals surface area contributed by atoms with Crippen molar-refractivity contribution in [2.45, 2.75) is 32.3 Å². The first kappa shape index (κ1) is 11.6. The lowest BCUT2D eigenvalue weighted by atomic mass is 9.95. The zero-order valence-electron chi connectivity index (χ0n) is 9.97. The molecule has 0 saturated heterocycles. The third-order valence-electron chi connectivity index (χ3n) is 2.91. The van der Waals surface area contributed by atoms with Crippen molar-refractivity contribution < 1.29 is 9.66 Å². The van der Waals surface area contributed by atoms with Crippen molar-refractivity contribution in [2.24, 2.45) is 0 Å². The van der Waals surface area contributed by atoms with E-state index in [2.05, 4.69) is 6.92 Å². The van der Waals surface area contributed by atoms with Gasteiger partial charge in [-0.15, -0.1) is 0 Å². The van der Waals surface area contributed by atoms with Crippen molar-refractivity contribution in [2.75, 3.05) is 0 Å². The van der Waals surface area contributed by atoms with Gasteiger partial charge in [-0.1, -0.05) is 19.4 Å². The molecule has 0 radical (unpaired) electrons. The first-order valence-electron chi connectivity index (χ1n) is 5.71. The van der Waals surface area contributed by atoms with E-state index in [-0.39, 0.29) is 11.3 Å². The fraction of sp³-hybridized carbons (Fsp3) is 0.385. The highest BCUT2D eigenvalue weighted by Gasteiger charge is 2.27. The Bertz CT molecular complexity index is 482. The normalized spacial score (nSPS) is 21.8. The summed E-state index contributed by atoms with van der Waals surface area (Å²) in [5.41, 5.74) is 0.571. The van der Waals surface area contributed by atoms with Crippen LogP contribution in [0.15, 0.2) is 24.3 Å². The molecule has 4 heteroatoms. The second kappa shape index (κ2) is 4.20. The minimum absolute atomic E-state index is 0.0936. The molecule has 0 aromatic heterocycles. The predicted octanol–water partition coefficient (Wildman–Crippen LogP) is 3.56. The number of fused-ring (bicyclic) bond motifs is 1. The lowest BCUT2D eigenvalue weighted by Gasteiger charge is -2.31. The van der Waals surface area contributed by atoms with Crippen LogP contribution in [0.2, 0.25) is 0 Å². The van der Waals surface area contributed by atoms with E-state index in [1.807, 2.05) is 19.1 Å². The maximum absolute atomic E-state index is 10.7. The van der Waals surface area contributed by atoms with E-state index < -0.39 is 4.92 Å². The van der Waals surface area contributed by atoms with Crippen molar-refractivity contribution >= 4 is 11.8 Å². The molecule has 1 atom stereocenters. The highest BCUT2D eigenvalue weighted by atomic mass is 16.6. The molecule has 90 valence electrons.